The Hall–Kier alpha value is -2.03. The zero-order valence-corrected chi connectivity index (χ0v) is 15.6. The molecular formula is C19H22F2N2O3S. The van der Waals surface area contributed by atoms with E-state index in [1.807, 2.05) is 18.2 Å². The van der Waals surface area contributed by atoms with Crippen molar-refractivity contribution in [1.29, 1.82) is 0 Å². The number of piperazine rings is 1. The van der Waals surface area contributed by atoms with E-state index in [2.05, 4.69) is 21.8 Å². The SMILES string of the molecule is O=S(=O)(c1ccccc1OC(F)F)N1CCN(CCc2ccccc2)CC1. The maximum atomic E-state index is 12.9. The maximum Gasteiger partial charge on any atom is 0.387 e. The van der Waals surface area contributed by atoms with Gasteiger partial charge in [0.25, 0.3) is 0 Å². The van der Waals surface area contributed by atoms with Crippen LogP contribution in [0.1, 0.15) is 5.56 Å². The summed E-state index contributed by atoms with van der Waals surface area (Å²) in [5.41, 5.74) is 1.24. The Kier molecular flexibility index (Phi) is 6.41. The minimum atomic E-state index is -3.88. The highest BCUT2D eigenvalue weighted by Gasteiger charge is 2.31. The summed E-state index contributed by atoms with van der Waals surface area (Å²) in [5, 5.41) is 0. The average Bonchev–Trinajstić information content (AvgIpc) is 2.67. The van der Waals surface area contributed by atoms with Gasteiger partial charge in [0.05, 0.1) is 0 Å². The number of para-hydroxylation sites is 1. The quantitative estimate of drug-likeness (QED) is 0.722. The first-order valence-corrected chi connectivity index (χ1v) is 10.2. The smallest absolute Gasteiger partial charge is 0.387 e. The molecule has 0 spiro atoms. The fourth-order valence-electron chi connectivity index (χ4n) is 3.12. The number of rotatable bonds is 7. The van der Waals surface area contributed by atoms with Crippen molar-refractivity contribution in [2.75, 3.05) is 32.7 Å². The summed E-state index contributed by atoms with van der Waals surface area (Å²) in [4.78, 5) is 1.99. The van der Waals surface area contributed by atoms with Crippen LogP contribution in [-0.2, 0) is 16.4 Å². The molecule has 1 saturated heterocycles. The van der Waals surface area contributed by atoms with Gasteiger partial charge < -0.3 is 9.64 Å². The van der Waals surface area contributed by atoms with Gasteiger partial charge >= 0.3 is 6.61 Å². The maximum absolute atomic E-state index is 12.9. The molecule has 0 N–H and O–H groups in total. The number of halogens is 2. The van der Waals surface area contributed by atoms with Gasteiger partial charge in [0.15, 0.2) is 0 Å². The molecule has 8 heteroatoms. The number of alkyl halides is 2. The molecule has 1 fully saturated rings. The number of hydrogen-bond donors (Lipinski definition) is 0. The third-order valence-corrected chi connectivity index (χ3v) is 6.51. The summed E-state index contributed by atoms with van der Waals surface area (Å²) in [7, 11) is -3.88. The first kappa shape index (κ1) is 19.7. The fourth-order valence-corrected chi connectivity index (χ4v) is 4.66. The zero-order valence-electron chi connectivity index (χ0n) is 14.8. The summed E-state index contributed by atoms with van der Waals surface area (Å²) in [6.45, 7) is -0.381. The highest BCUT2D eigenvalue weighted by Crippen LogP contribution is 2.28. The van der Waals surface area contributed by atoms with Crippen LogP contribution in [0.25, 0.3) is 0 Å². The van der Waals surface area contributed by atoms with E-state index >= 15 is 0 Å². The van der Waals surface area contributed by atoms with Crippen molar-refractivity contribution in [2.24, 2.45) is 0 Å². The van der Waals surface area contributed by atoms with E-state index in [4.69, 9.17) is 0 Å². The molecule has 1 aliphatic heterocycles. The predicted octanol–water partition coefficient (Wildman–Crippen LogP) is 2.84. The molecule has 27 heavy (non-hydrogen) atoms. The molecule has 1 heterocycles. The van der Waals surface area contributed by atoms with Crippen LogP contribution in [0.3, 0.4) is 0 Å². The predicted molar refractivity (Wildman–Crippen MR) is 98.4 cm³/mol. The molecule has 0 bridgehead atoms. The molecule has 2 aromatic carbocycles. The number of nitrogens with zero attached hydrogens (tertiary/aromatic N) is 2. The zero-order chi connectivity index (χ0) is 19.3. The lowest BCUT2D eigenvalue weighted by molar-refractivity contribution is -0.0518. The lowest BCUT2D eigenvalue weighted by Crippen LogP contribution is -2.49. The molecule has 0 radical (unpaired) electrons. The first-order valence-electron chi connectivity index (χ1n) is 8.77. The van der Waals surface area contributed by atoms with Gasteiger partial charge in [-0.3, -0.25) is 0 Å². The fraction of sp³-hybridized carbons (Fsp3) is 0.368. The normalized spacial score (nSPS) is 16.6. The van der Waals surface area contributed by atoms with Gasteiger partial charge in [0.2, 0.25) is 10.0 Å². The number of hydrogen-bond acceptors (Lipinski definition) is 4. The van der Waals surface area contributed by atoms with Crippen LogP contribution < -0.4 is 4.74 Å². The average molecular weight is 396 g/mol. The van der Waals surface area contributed by atoms with Crippen molar-refractivity contribution >= 4 is 10.0 Å². The van der Waals surface area contributed by atoms with Crippen LogP contribution in [-0.4, -0.2) is 57.0 Å². The summed E-state index contributed by atoms with van der Waals surface area (Å²) in [5.74, 6) is -0.320. The first-order chi connectivity index (χ1) is 13.0. The van der Waals surface area contributed by atoms with Crippen molar-refractivity contribution in [2.45, 2.75) is 17.9 Å². The van der Waals surface area contributed by atoms with Crippen molar-refractivity contribution in [1.82, 2.24) is 9.21 Å². The summed E-state index contributed by atoms with van der Waals surface area (Å²) < 4.78 is 56.6. The van der Waals surface area contributed by atoms with Crippen LogP contribution in [0, 0.1) is 0 Å². The lowest BCUT2D eigenvalue weighted by Gasteiger charge is -2.34. The molecule has 2 aromatic rings. The number of sulfonamides is 1. The second-order valence-electron chi connectivity index (χ2n) is 6.31. The van der Waals surface area contributed by atoms with E-state index < -0.39 is 16.6 Å². The molecule has 5 nitrogen and oxygen atoms in total. The minimum Gasteiger partial charge on any atom is -0.433 e. The molecule has 0 atom stereocenters. The van der Waals surface area contributed by atoms with Gasteiger partial charge in [-0.2, -0.15) is 13.1 Å². The van der Waals surface area contributed by atoms with E-state index in [0.29, 0.717) is 26.2 Å². The van der Waals surface area contributed by atoms with Crippen LogP contribution in [0.5, 0.6) is 5.75 Å². The number of ether oxygens (including phenoxy) is 1. The largest absolute Gasteiger partial charge is 0.433 e. The van der Waals surface area contributed by atoms with Crippen molar-refractivity contribution < 1.29 is 21.9 Å². The monoisotopic (exact) mass is 396 g/mol. The lowest BCUT2D eigenvalue weighted by atomic mass is 10.1. The van der Waals surface area contributed by atoms with Gasteiger partial charge in [-0.1, -0.05) is 42.5 Å². The summed E-state index contributed by atoms with van der Waals surface area (Å²) in [6, 6.07) is 15.6. The molecule has 3 rings (SSSR count). The van der Waals surface area contributed by atoms with Gasteiger partial charge in [-0.15, -0.1) is 0 Å². The molecule has 0 aromatic heterocycles. The van der Waals surface area contributed by atoms with E-state index in [0.717, 1.165) is 13.0 Å². The van der Waals surface area contributed by atoms with Crippen LogP contribution in [0.2, 0.25) is 0 Å². The molecule has 0 amide bonds. The van der Waals surface area contributed by atoms with Crippen molar-refractivity contribution in [3.05, 3.63) is 60.2 Å². The van der Waals surface area contributed by atoms with Gasteiger partial charge in [-0.05, 0) is 24.1 Å². The second kappa shape index (κ2) is 8.77. The second-order valence-corrected chi connectivity index (χ2v) is 8.21. The van der Waals surface area contributed by atoms with Crippen molar-refractivity contribution in [3.8, 4) is 5.75 Å². The highest BCUT2D eigenvalue weighted by atomic mass is 32.2. The van der Waals surface area contributed by atoms with Crippen molar-refractivity contribution in [3.63, 3.8) is 0 Å². The highest BCUT2D eigenvalue weighted by molar-refractivity contribution is 7.89. The molecule has 0 unspecified atom stereocenters. The van der Waals surface area contributed by atoms with E-state index in [-0.39, 0.29) is 10.6 Å². The standard InChI is InChI=1S/C19H22F2N2O3S/c20-19(21)26-17-8-4-5-9-18(17)27(24,25)23-14-12-22(13-15-23)11-10-16-6-2-1-3-7-16/h1-9,19H,10-15H2. The Balaban J connectivity index is 1.62. The summed E-state index contributed by atoms with van der Waals surface area (Å²) in [6.07, 6.45) is 0.901. The van der Waals surface area contributed by atoms with Crippen LogP contribution in [0.4, 0.5) is 8.78 Å². The Morgan fingerprint density at radius 3 is 2.22 bits per heavy atom. The molecule has 1 aliphatic rings. The molecule has 146 valence electrons. The van der Waals surface area contributed by atoms with Crippen LogP contribution in [0.15, 0.2) is 59.5 Å². The molecule has 0 aliphatic carbocycles. The Bertz CT molecular complexity index is 839. The minimum absolute atomic E-state index is 0.219. The third kappa shape index (κ3) is 5.03. The van der Waals surface area contributed by atoms with Crippen LogP contribution >= 0.6 is 0 Å². The van der Waals surface area contributed by atoms with E-state index in [9.17, 15) is 17.2 Å². The summed E-state index contributed by atoms with van der Waals surface area (Å²) >= 11 is 0. The van der Waals surface area contributed by atoms with Gasteiger partial charge in [0.1, 0.15) is 10.6 Å². The van der Waals surface area contributed by atoms with Gasteiger partial charge in [-0.25, -0.2) is 8.42 Å². The van der Waals surface area contributed by atoms with E-state index in [1.54, 1.807) is 0 Å². The third-order valence-electron chi connectivity index (χ3n) is 4.57. The Labute approximate surface area is 158 Å². The van der Waals surface area contributed by atoms with E-state index in [1.165, 1.54) is 34.1 Å². The topological polar surface area (TPSA) is 49.9 Å². The number of benzene rings is 2. The molecule has 0 saturated carbocycles. The molecular weight excluding hydrogens is 374 g/mol. The Morgan fingerprint density at radius 2 is 1.56 bits per heavy atom. The Morgan fingerprint density at radius 1 is 0.926 bits per heavy atom. The van der Waals surface area contributed by atoms with Gasteiger partial charge in [0, 0.05) is 32.7 Å².